The molecule has 0 spiro atoms. The van der Waals surface area contributed by atoms with Crippen molar-refractivity contribution in [2.45, 2.75) is 19.8 Å². The van der Waals surface area contributed by atoms with Gasteiger partial charge in [0.15, 0.2) is 0 Å². The van der Waals surface area contributed by atoms with Crippen LogP contribution in [0.4, 0.5) is 0 Å². The second kappa shape index (κ2) is 4.72. The van der Waals surface area contributed by atoms with Crippen molar-refractivity contribution in [3.8, 4) is 11.8 Å². The molecule has 2 rings (SSSR count). The van der Waals surface area contributed by atoms with Gasteiger partial charge in [0.1, 0.15) is 6.07 Å². The van der Waals surface area contributed by atoms with E-state index < -0.39 is 0 Å². The van der Waals surface area contributed by atoms with E-state index >= 15 is 0 Å². The number of nitriles is 1. The Hall–Kier alpha value is -1.60. The van der Waals surface area contributed by atoms with Gasteiger partial charge < -0.3 is 0 Å². The molecule has 0 saturated carbocycles. The van der Waals surface area contributed by atoms with Crippen LogP contribution in [0.15, 0.2) is 34.9 Å². The lowest BCUT2D eigenvalue weighted by molar-refractivity contribution is 0.732. The molecule has 2 aromatic rings. The van der Waals surface area contributed by atoms with Crippen molar-refractivity contribution in [1.29, 1.82) is 5.26 Å². The minimum atomic E-state index is 0.260. The maximum Gasteiger partial charge on any atom is 0.103 e. The molecule has 1 aromatic carbocycles. The summed E-state index contributed by atoms with van der Waals surface area (Å²) in [6.45, 7) is 4.13. The fourth-order valence-electron chi connectivity index (χ4n) is 1.79. The summed E-state index contributed by atoms with van der Waals surface area (Å²) in [5.41, 5.74) is 2.57. The minimum Gasteiger partial charge on any atom is -0.236 e. The summed E-state index contributed by atoms with van der Waals surface area (Å²) >= 11 is 3.40. The monoisotopic (exact) mass is 289 g/mol. The Morgan fingerprint density at radius 2 is 1.94 bits per heavy atom. The van der Waals surface area contributed by atoms with Gasteiger partial charge in [-0.1, -0.05) is 29.8 Å². The second-order valence-electron chi connectivity index (χ2n) is 4.10. The van der Waals surface area contributed by atoms with E-state index in [-0.39, 0.29) is 5.92 Å². The molecule has 0 radical (unpaired) electrons. The summed E-state index contributed by atoms with van der Waals surface area (Å²) in [6, 6.07) is 10.1. The number of hydrogen-bond donors (Lipinski definition) is 0. The highest BCUT2D eigenvalue weighted by Crippen LogP contribution is 2.23. The Kier molecular flexibility index (Phi) is 3.30. The van der Waals surface area contributed by atoms with Gasteiger partial charge in [0.25, 0.3) is 0 Å². The van der Waals surface area contributed by atoms with Crippen LogP contribution in [0.25, 0.3) is 5.69 Å². The standard InChI is InChI=1S/C13H12BrN3/c1-9(2)13-10(7-15)8-16-17(13)12-5-3-11(14)4-6-12/h3-6,8-9H,1-2H3. The molecular weight excluding hydrogens is 278 g/mol. The summed E-state index contributed by atoms with van der Waals surface area (Å²) in [5, 5.41) is 13.3. The maximum absolute atomic E-state index is 9.06. The third-order valence-corrected chi connectivity index (χ3v) is 3.07. The van der Waals surface area contributed by atoms with Crippen molar-refractivity contribution in [3.63, 3.8) is 0 Å². The Balaban J connectivity index is 2.56. The molecule has 0 aliphatic heterocycles. The molecule has 86 valence electrons. The predicted octanol–water partition coefficient (Wildman–Crippen LogP) is 3.63. The molecule has 1 heterocycles. The van der Waals surface area contributed by atoms with Crippen LogP contribution < -0.4 is 0 Å². The zero-order valence-corrected chi connectivity index (χ0v) is 11.3. The van der Waals surface area contributed by atoms with E-state index in [0.29, 0.717) is 5.56 Å². The average molecular weight is 290 g/mol. The molecule has 0 bridgehead atoms. The third kappa shape index (κ3) is 2.25. The van der Waals surface area contributed by atoms with E-state index in [9.17, 15) is 0 Å². The van der Waals surface area contributed by atoms with Crippen LogP contribution >= 0.6 is 15.9 Å². The van der Waals surface area contributed by atoms with E-state index in [1.54, 1.807) is 6.20 Å². The lowest BCUT2D eigenvalue weighted by atomic mass is 10.1. The lowest BCUT2D eigenvalue weighted by Crippen LogP contribution is -2.04. The van der Waals surface area contributed by atoms with Gasteiger partial charge in [0, 0.05) is 4.47 Å². The zero-order chi connectivity index (χ0) is 12.4. The SMILES string of the molecule is CC(C)c1c(C#N)cnn1-c1ccc(Br)cc1. The Morgan fingerprint density at radius 1 is 1.29 bits per heavy atom. The van der Waals surface area contributed by atoms with Gasteiger partial charge in [-0.2, -0.15) is 10.4 Å². The van der Waals surface area contributed by atoms with Gasteiger partial charge >= 0.3 is 0 Å². The topological polar surface area (TPSA) is 41.6 Å². The highest BCUT2D eigenvalue weighted by Gasteiger charge is 2.14. The highest BCUT2D eigenvalue weighted by molar-refractivity contribution is 9.10. The predicted molar refractivity (Wildman–Crippen MR) is 70.1 cm³/mol. The first-order chi connectivity index (χ1) is 8.13. The van der Waals surface area contributed by atoms with Crippen molar-refractivity contribution in [2.24, 2.45) is 0 Å². The number of hydrogen-bond acceptors (Lipinski definition) is 2. The first-order valence-electron chi connectivity index (χ1n) is 5.37. The van der Waals surface area contributed by atoms with Gasteiger partial charge in [-0.05, 0) is 30.2 Å². The number of benzene rings is 1. The lowest BCUT2D eigenvalue weighted by Gasteiger charge is -2.10. The highest BCUT2D eigenvalue weighted by atomic mass is 79.9. The molecule has 0 atom stereocenters. The van der Waals surface area contributed by atoms with Gasteiger partial charge in [0.05, 0.1) is 23.1 Å². The number of rotatable bonds is 2. The van der Waals surface area contributed by atoms with E-state index in [1.807, 2.05) is 28.9 Å². The van der Waals surface area contributed by atoms with Crippen LogP contribution in [0.3, 0.4) is 0 Å². The van der Waals surface area contributed by atoms with E-state index in [4.69, 9.17) is 5.26 Å². The normalized spacial score (nSPS) is 10.5. The fraction of sp³-hybridized carbons (Fsp3) is 0.231. The largest absolute Gasteiger partial charge is 0.236 e. The van der Waals surface area contributed by atoms with Gasteiger partial charge in [0.2, 0.25) is 0 Å². The summed E-state index contributed by atoms with van der Waals surface area (Å²) in [7, 11) is 0. The van der Waals surface area contributed by atoms with Crippen LogP contribution in [0.2, 0.25) is 0 Å². The van der Waals surface area contributed by atoms with Crippen molar-refractivity contribution in [3.05, 3.63) is 46.2 Å². The first kappa shape index (κ1) is 11.9. The van der Waals surface area contributed by atoms with Crippen molar-refractivity contribution in [2.75, 3.05) is 0 Å². The zero-order valence-electron chi connectivity index (χ0n) is 9.68. The quantitative estimate of drug-likeness (QED) is 0.847. The summed E-state index contributed by atoms with van der Waals surface area (Å²) in [6.07, 6.45) is 1.62. The average Bonchev–Trinajstić information content (AvgIpc) is 2.73. The Labute approximate surface area is 109 Å². The summed E-state index contributed by atoms with van der Waals surface area (Å²) < 4.78 is 2.86. The van der Waals surface area contributed by atoms with Crippen molar-refractivity contribution >= 4 is 15.9 Å². The summed E-state index contributed by atoms with van der Waals surface area (Å²) in [4.78, 5) is 0. The molecule has 3 nitrogen and oxygen atoms in total. The van der Waals surface area contributed by atoms with Gasteiger partial charge in [-0.3, -0.25) is 0 Å². The number of nitrogens with zero attached hydrogens (tertiary/aromatic N) is 3. The minimum absolute atomic E-state index is 0.260. The Morgan fingerprint density at radius 3 is 2.47 bits per heavy atom. The van der Waals surface area contributed by atoms with Gasteiger partial charge in [-0.25, -0.2) is 4.68 Å². The molecular formula is C13H12BrN3. The fourth-order valence-corrected chi connectivity index (χ4v) is 2.05. The smallest absolute Gasteiger partial charge is 0.103 e. The van der Waals surface area contributed by atoms with Crippen molar-refractivity contribution in [1.82, 2.24) is 9.78 Å². The molecule has 0 amide bonds. The van der Waals surface area contributed by atoms with Crippen LogP contribution in [-0.2, 0) is 0 Å². The molecule has 1 aromatic heterocycles. The molecule has 0 N–H and O–H groups in total. The molecule has 0 unspecified atom stereocenters. The number of aromatic nitrogens is 2. The molecule has 0 fully saturated rings. The van der Waals surface area contributed by atoms with Crippen LogP contribution in [0, 0.1) is 11.3 Å². The first-order valence-corrected chi connectivity index (χ1v) is 6.16. The third-order valence-electron chi connectivity index (χ3n) is 2.54. The summed E-state index contributed by atoms with van der Waals surface area (Å²) in [5.74, 6) is 0.260. The van der Waals surface area contributed by atoms with E-state index in [1.165, 1.54) is 0 Å². The molecule has 17 heavy (non-hydrogen) atoms. The molecule has 0 saturated heterocycles. The number of halogens is 1. The van der Waals surface area contributed by atoms with Crippen LogP contribution in [0.5, 0.6) is 0 Å². The van der Waals surface area contributed by atoms with Crippen LogP contribution in [0.1, 0.15) is 31.0 Å². The van der Waals surface area contributed by atoms with Crippen LogP contribution in [-0.4, -0.2) is 9.78 Å². The van der Waals surface area contributed by atoms with E-state index in [0.717, 1.165) is 15.9 Å². The Bertz CT molecular complexity index is 561. The maximum atomic E-state index is 9.06. The second-order valence-corrected chi connectivity index (χ2v) is 5.01. The molecule has 4 heteroatoms. The molecule has 0 aliphatic rings. The van der Waals surface area contributed by atoms with E-state index in [2.05, 4.69) is 40.9 Å². The van der Waals surface area contributed by atoms with Crippen molar-refractivity contribution < 1.29 is 0 Å². The van der Waals surface area contributed by atoms with Gasteiger partial charge in [-0.15, -0.1) is 0 Å². The molecule has 0 aliphatic carbocycles.